The molecule has 4 nitrogen and oxygen atoms in total. The number of nitrogens with zero attached hydrogens (tertiary/aromatic N) is 1. The Labute approximate surface area is 72.6 Å². The van der Waals surface area contributed by atoms with Crippen molar-refractivity contribution < 1.29 is 8.42 Å². The van der Waals surface area contributed by atoms with Gasteiger partial charge in [0, 0.05) is 25.2 Å². The fourth-order valence-corrected chi connectivity index (χ4v) is 4.41. The molecule has 2 heterocycles. The lowest BCUT2D eigenvalue weighted by atomic mass is 9.80. The van der Waals surface area contributed by atoms with E-state index in [1.54, 1.807) is 0 Å². The van der Waals surface area contributed by atoms with Crippen LogP contribution in [-0.2, 0) is 9.84 Å². The standard InChI is InChI=1S/C7H14N2O2S/c8-6-9-3-7(4-9)1-2-12(10,11)5-7/h1-6,8H2. The van der Waals surface area contributed by atoms with Gasteiger partial charge in [-0.1, -0.05) is 0 Å². The Balaban J connectivity index is 2.02. The molecule has 0 amide bonds. The minimum atomic E-state index is -2.71. The van der Waals surface area contributed by atoms with Gasteiger partial charge in [0.15, 0.2) is 9.84 Å². The van der Waals surface area contributed by atoms with Gasteiger partial charge in [-0.2, -0.15) is 0 Å². The molecule has 2 aliphatic rings. The van der Waals surface area contributed by atoms with E-state index in [4.69, 9.17) is 5.73 Å². The average molecular weight is 190 g/mol. The zero-order valence-electron chi connectivity index (χ0n) is 6.99. The molecule has 2 rings (SSSR count). The maximum atomic E-state index is 11.2. The topological polar surface area (TPSA) is 63.4 Å². The second kappa shape index (κ2) is 2.43. The first kappa shape index (κ1) is 8.47. The molecule has 0 aromatic carbocycles. The van der Waals surface area contributed by atoms with Crippen molar-refractivity contribution in [3.05, 3.63) is 0 Å². The summed E-state index contributed by atoms with van der Waals surface area (Å²) in [6, 6.07) is 0. The Morgan fingerprint density at radius 1 is 1.42 bits per heavy atom. The fourth-order valence-electron chi connectivity index (χ4n) is 2.26. The third kappa shape index (κ3) is 1.26. The summed E-state index contributed by atoms with van der Waals surface area (Å²) in [5, 5.41) is 0. The fraction of sp³-hybridized carbons (Fsp3) is 1.00. The maximum absolute atomic E-state index is 11.2. The molecule has 12 heavy (non-hydrogen) atoms. The first-order valence-corrected chi connectivity index (χ1v) is 6.00. The molecular weight excluding hydrogens is 176 g/mol. The second-order valence-electron chi connectivity index (χ2n) is 4.01. The highest BCUT2D eigenvalue weighted by Gasteiger charge is 2.49. The molecule has 2 saturated heterocycles. The molecule has 0 aromatic rings. The molecule has 2 N–H and O–H groups in total. The molecule has 0 atom stereocenters. The van der Waals surface area contributed by atoms with Gasteiger partial charge in [0.1, 0.15) is 0 Å². The van der Waals surface area contributed by atoms with Gasteiger partial charge in [-0.25, -0.2) is 8.42 Å². The van der Waals surface area contributed by atoms with Gasteiger partial charge in [0.25, 0.3) is 0 Å². The quantitative estimate of drug-likeness (QED) is 0.577. The summed E-state index contributed by atoms with van der Waals surface area (Å²) in [4.78, 5) is 2.08. The van der Waals surface area contributed by atoms with E-state index in [-0.39, 0.29) is 5.41 Å². The van der Waals surface area contributed by atoms with E-state index >= 15 is 0 Å². The number of likely N-dealkylation sites (tertiary alicyclic amines) is 1. The molecule has 1 spiro atoms. The normalized spacial score (nSPS) is 32.1. The lowest BCUT2D eigenvalue weighted by Gasteiger charge is -2.46. The Morgan fingerprint density at radius 3 is 2.50 bits per heavy atom. The Kier molecular flexibility index (Phi) is 1.72. The number of rotatable bonds is 1. The van der Waals surface area contributed by atoms with Crippen LogP contribution in [0.3, 0.4) is 0 Å². The van der Waals surface area contributed by atoms with Crippen LogP contribution in [-0.4, -0.2) is 44.6 Å². The van der Waals surface area contributed by atoms with Crippen molar-refractivity contribution in [1.82, 2.24) is 4.90 Å². The predicted molar refractivity (Wildman–Crippen MR) is 46.3 cm³/mol. The molecule has 70 valence electrons. The molecule has 0 aliphatic carbocycles. The van der Waals surface area contributed by atoms with Crippen molar-refractivity contribution in [2.24, 2.45) is 11.1 Å². The van der Waals surface area contributed by atoms with E-state index in [2.05, 4.69) is 4.90 Å². The summed E-state index contributed by atoms with van der Waals surface area (Å²) in [5.74, 6) is 0.766. The van der Waals surface area contributed by atoms with Gasteiger partial charge in [-0.15, -0.1) is 0 Å². The van der Waals surface area contributed by atoms with Crippen molar-refractivity contribution in [3.63, 3.8) is 0 Å². The van der Waals surface area contributed by atoms with Crippen LogP contribution >= 0.6 is 0 Å². The summed E-state index contributed by atoms with van der Waals surface area (Å²) in [7, 11) is -2.71. The van der Waals surface area contributed by atoms with Gasteiger partial charge >= 0.3 is 0 Å². The molecule has 0 saturated carbocycles. The molecular formula is C7H14N2O2S. The van der Waals surface area contributed by atoms with Gasteiger partial charge in [-0.05, 0) is 6.42 Å². The lowest BCUT2D eigenvalue weighted by molar-refractivity contribution is 0.0242. The first-order valence-electron chi connectivity index (χ1n) is 4.18. The molecule has 2 aliphatic heterocycles. The predicted octanol–water partition coefficient (Wildman–Crippen LogP) is -0.977. The molecule has 5 heteroatoms. The van der Waals surface area contributed by atoms with E-state index < -0.39 is 9.84 Å². The summed E-state index contributed by atoms with van der Waals surface area (Å²) in [5.41, 5.74) is 5.51. The third-order valence-corrected chi connectivity index (χ3v) is 4.72. The molecule has 0 bridgehead atoms. The van der Waals surface area contributed by atoms with Crippen molar-refractivity contribution in [2.45, 2.75) is 6.42 Å². The lowest BCUT2D eigenvalue weighted by Crippen LogP contribution is -2.58. The number of sulfone groups is 1. The third-order valence-electron chi connectivity index (χ3n) is 2.85. The minimum Gasteiger partial charge on any atom is -0.318 e. The first-order chi connectivity index (χ1) is 5.55. The van der Waals surface area contributed by atoms with Gasteiger partial charge in [0.05, 0.1) is 11.5 Å². The monoisotopic (exact) mass is 190 g/mol. The zero-order chi connectivity index (χ0) is 8.82. The van der Waals surface area contributed by atoms with Crippen LogP contribution in [0.5, 0.6) is 0 Å². The Morgan fingerprint density at radius 2 is 2.08 bits per heavy atom. The smallest absolute Gasteiger partial charge is 0.150 e. The maximum Gasteiger partial charge on any atom is 0.150 e. The van der Waals surface area contributed by atoms with Gasteiger partial charge < -0.3 is 5.73 Å². The van der Waals surface area contributed by atoms with Crippen molar-refractivity contribution in [3.8, 4) is 0 Å². The highest BCUT2D eigenvalue weighted by atomic mass is 32.2. The van der Waals surface area contributed by atoms with E-state index in [0.29, 0.717) is 18.2 Å². The summed E-state index contributed by atoms with van der Waals surface area (Å²) in [6.45, 7) is 2.31. The highest BCUT2D eigenvalue weighted by molar-refractivity contribution is 7.91. The van der Waals surface area contributed by atoms with Crippen LogP contribution in [0.25, 0.3) is 0 Å². The van der Waals surface area contributed by atoms with Gasteiger partial charge in [0.2, 0.25) is 0 Å². The van der Waals surface area contributed by atoms with E-state index in [1.165, 1.54) is 0 Å². The van der Waals surface area contributed by atoms with Crippen LogP contribution in [0.15, 0.2) is 0 Å². The summed E-state index contributed by atoms with van der Waals surface area (Å²) >= 11 is 0. The van der Waals surface area contributed by atoms with Crippen LogP contribution in [0.4, 0.5) is 0 Å². The highest BCUT2D eigenvalue weighted by Crippen LogP contribution is 2.40. The van der Waals surface area contributed by atoms with Crippen LogP contribution in [0.2, 0.25) is 0 Å². The Bertz CT molecular complexity index is 280. The SMILES string of the molecule is NCN1CC2(CCS(=O)(=O)C2)C1. The largest absolute Gasteiger partial charge is 0.318 e. The van der Waals surface area contributed by atoms with E-state index in [1.807, 2.05) is 0 Å². The van der Waals surface area contributed by atoms with Crippen molar-refractivity contribution in [2.75, 3.05) is 31.3 Å². The Hall–Kier alpha value is -0.130. The summed E-state index contributed by atoms with van der Waals surface area (Å²) < 4.78 is 22.4. The van der Waals surface area contributed by atoms with E-state index in [0.717, 1.165) is 19.5 Å². The number of nitrogens with two attached hydrogens (primary N) is 1. The van der Waals surface area contributed by atoms with Crippen molar-refractivity contribution in [1.29, 1.82) is 0 Å². The molecule has 0 aromatic heterocycles. The number of hydrogen-bond donors (Lipinski definition) is 1. The summed E-state index contributed by atoms with van der Waals surface area (Å²) in [6.07, 6.45) is 0.839. The second-order valence-corrected chi connectivity index (χ2v) is 6.20. The zero-order valence-corrected chi connectivity index (χ0v) is 7.81. The van der Waals surface area contributed by atoms with E-state index in [9.17, 15) is 8.42 Å². The van der Waals surface area contributed by atoms with Crippen LogP contribution < -0.4 is 5.73 Å². The molecule has 2 fully saturated rings. The van der Waals surface area contributed by atoms with Crippen LogP contribution in [0.1, 0.15) is 6.42 Å². The molecule has 0 unspecified atom stereocenters. The van der Waals surface area contributed by atoms with Gasteiger partial charge in [-0.3, -0.25) is 4.90 Å². The molecule has 0 radical (unpaired) electrons. The number of hydrogen-bond acceptors (Lipinski definition) is 4. The average Bonchev–Trinajstić information content (AvgIpc) is 2.23. The van der Waals surface area contributed by atoms with Crippen molar-refractivity contribution >= 4 is 9.84 Å². The van der Waals surface area contributed by atoms with Crippen LogP contribution in [0, 0.1) is 5.41 Å². The minimum absolute atomic E-state index is 0.0816.